The number of carbonyl (C=O) groups is 2. The van der Waals surface area contributed by atoms with E-state index >= 15 is 0 Å². The second kappa shape index (κ2) is 6.19. The molecule has 4 unspecified atom stereocenters. The Hall–Kier alpha value is -1.36. The topological polar surface area (TPSA) is 72.8 Å². The van der Waals surface area contributed by atoms with Crippen molar-refractivity contribution in [1.29, 1.82) is 0 Å². The average Bonchev–Trinajstić information content (AvgIpc) is 3.04. The summed E-state index contributed by atoms with van der Waals surface area (Å²) < 4.78 is 9.76. The van der Waals surface area contributed by atoms with Gasteiger partial charge in [-0.1, -0.05) is 13.0 Å². The summed E-state index contributed by atoms with van der Waals surface area (Å²) in [6, 6.07) is 0. The van der Waals surface area contributed by atoms with Gasteiger partial charge in [0.1, 0.15) is 19.3 Å². The van der Waals surface area contributed by atoms with Crippen LogP contribution in [0.4, 0.5) is 0 Å². The molecule has 2 fully saturated rings. The number of aliphatic hydroxyl groups is 1. The molecule has 0 aromatic rings. The van der Waals surface area contributed by atoms with Gasteiger partial charge in [0.25, 0.3) is 0 Å². The minimum absolute atomic E-state index is 0.00155. The highest BCUT2D eigenvalue weighted by Gasteiger charge is 2.43. The number of rotatable bonds is 6. The van der Waals surface area contributed by atoms with E-state index in [4.69, 9.17) is 4.74 Å². The van der Waals surface area contributed by atoms with Gasteiger partial charge in [-0.2, -0.15) is 0 Å². The van der Waals surface area contributed by atoms with Crippen LogP contribution in [0, 0.1) is 17.8 Å². The molecule has 0 spiro atoms. The molecule has 2 aliphatic carbocycles. The zero-order chi connectivity index (χ0) is 13.8. The molecule has 106 valence electrons. The summed E-state index contributed by atoms with van der Waals surface area (Å²) in [7, 11) is 0. The van der Waals surface area contributed by atoms with Gasteiger partial charge in [0, 0.05) is 6.08 Å². The predicted octanol–water partition coefficient (Wildman–Crippen LogP) is 1.06. The quantitative estimate of drug-likeness (QED) is 0.576. The van der Waals surface area contributed by atoms with Crippen LogP contribution in [0.1, 0.15) is 25.7 Å². The van der Waals surface area contributed by atoms with Gasteiger partial charge in [-0.15, -0.1) is 0 Å². The minimum Gasteiger partial charge on any atom is -0.463 e. The smallest absolute Gasteiger partial charge is 0.330 e. The Kier molecular flexibility index (Phi) is 4.58. The molecule has 2 bridgehead atoms. The lowest BCUT2D eigenvalue weighted by molar-refractivity contribution is -0.155. The number of ether oxygens (including phenoxy) is 2. The summed E-state index contributed by atoms with van der Waals surface area (Å²) >= 11 is 0. The first-order valence-corrected chi connectivity index (χ1v) is 6.74. The van der Waals surface area contributed by atoms with Crippen LogP contribution in [-0.4, -0.2) is 36.4 Å². The SMILES string of the molecule is C=CC(=O)OCC(O)COC(=O)C1CC2CCC1C2. The highest BCUT2D eigenvalue weighted by molar-refractivity contribution is 5.81. The van der Waals surface area contributed by atoms with E-state index < -0.39 is 12.1 Å². The molecule has 0 heterocycles. The van der Waals surface area contributed by atoms with E-state index in [-0.39, 0.29) is 25.1 Å². The second-order valence-corrected chi connectivity index (χ2v) is 5.40. The highest BCUT2D eigenvalue weighted by Crippen LogP contribution is 2.48. The molecular weight excluding hydrogens is 248 g/mol. The van der Waals surface area contributed by atoms with E-state index in [0.717, 1.165) is 25.3 Å². The third-order valence-corrected chi connectivity index (χ3v) is 4.04. The van der Waals surface area contributed by atoms with Crippen molar-refractivity contribution < 1.29 is 24.2 Å². The molecule has 4 atom stereocenters. The van der Waals surface area contributed by atoms with E-state index in [1.54, 1.807) is 0 Å². The zero-order valence-corrected chi connectivity index (χ0v) is 10.9. The Labute approximate surface area is 112 Å². The van der Waals surface area contributed by atoms with Gasteiger partial charge < -0.3 is 14.6 Å². The summed E-state index contributed by atoms with van der Waals surface area (Å²) in [5, 5.41) is 9.53. The fraction of sp³-hybridized carbons (Fsp3) is 0.714. The van der Waals surface area contributed by atoms with Crippen molar-refractivity contribution in [2.24, 2.45) is 17.8 Å². The van der Waals surface area contributed by atoms with Crippen LogP contribution in [-0.2, 0) is 19.1 Å². The number of carbonyl (C=O) groups excluding carboxylic acids is 2. The molecule has 2 saturated carbocycles. The third kappa shape index (κ3) is 3.56. The van der Waals surface area contributed by atoms with Crippen molar-refractivity contribution in [3.8, 4) is 0 Å². The largest absolute Gasteiger partial charge is 0.463 e. The molecular formula is C14H20O5. The van der Waals surface area contributed by atoms with Gasteiger partial charge in [0.15, 0.2) is 0 Å². The Morgan fingerprint density at radius 3 is 2.58 bits per heavy atom. The Morgan fingerprint density at radius 2 is 2.00 bits per heavy atom. The third-order valence-electron chi connectivity index (χ3n) is 4.04. The molecule has 0 aliphatic heterocycles. The Bertz CT molecular complexity index is 365. The molecule has 2 rings (SSSR count). The van der Waals surface area contributed by atoms with Crippen LogP contribution in [0.15, 0.2) is 12.7 Å². The summed E-state index contributed by atoms with van der Waals surface area (Å²) in [6.07, 6.45) is 4.45. The number of hydrogen-bond donors (Lipinski definition) is 1. The van der Waals surface area contributed by atoms with Gasteiger partial charge in [-0.25, -0.2) is 4.79 Å². The van der Waals surface area contributed by atoms with Crippen molar-refractivity contribution in [3.63, 3.8) is 0 Å². The van der Waals surface area contributed by atoms with Crippen molar-refractivity contribution in [2.75, 3.05) is 13.2 Å². The summed E-state index contributed by atoms with van der Waals surface area (Å²) in [4.78, 5) is 22.7. The van der Waals surface area contributed by atoms with E-state index in [1.165, 1.54) is 6.42 Å². The van der Waals surface area contributed by atoms with Crippen molar-refractivity contribution in [3.05, 3.63) is 12.7 Å². The average molecular weight is 268 g/mol. The molecule has 0 amide bonds. The van der Waals surface area contributed by atoms with E-state index in [0.29, 0.717) is 11.8 Å². The number of hydrogen-bond acceptors (Lipinski definition) is 5. The molecule has 19 heavy (non-hydrogen) atoms. The predicted molar refractivity (Wildman–Crippen MR) is 67.1 cm³/mol. The van der Waals surface area contributed by atoms with Gasteiger partial charge in [-0.05, 0) is 31.1 Å². The molecule has 0 aromatic carbocycles. The summed E-state index contributed by atoms with van der Waals surface area (Å²) in [5.41, 5.74) is 0. The lowest BCUT2D eigenvalue weighted by Crippen LogP contribution is -2.29. The van der Waals surface area contributed by atoms with Crippen LogP contribution < -0.4 is 0 Å². The second-order valence-electron chi connectivity index (χ2n) is 5.40. The van der Waals surface area contributed by atoms with Crippen LogP contribution in [0.25, 0.3) is 0 Å². The normalized spacial score (nSPS) is 29.8. The minimum atomic E-state index is -0.980. The van der Waals surface area contributed by atoms with Gasteiger partial charge >= 0.3 is 11.9 Å². The first-order valence-electron chi connectivity index (χ1n) is 6.74. The van der Waals surface area contributed by atoms with Gasteiger partial charge in [0.05, 0.1) is 5.92 Å². The van der Waals surface area contributed by atoms with Crippen LogP contribution in [0.3, 0.4) is 0 Å². The number of aliphatic hydroxyl groups excluding tert-OH is 1. The fourth-order valence-corrected chi connectivity index (χ4v) is 3.10. The van der Waals surface area contributed by atoms with Gasteiger partial charge in [-0.3, -0.25) is 4.79 Å². The summed E-state index contributed by atoms with van der Waals surface area (Å²) in [5.74, 6) is 0.329. The standard InChI is InChI=1S/C14H20O5/c1-2-13(16)18-7-11(15)8-19-14(17)12-6-9-3-4-10(12)5-9/h2,9-12,15H,1,3-8H2. The van der Waals surface area contributed by atoms with Crippen LogP contribution in [0.2, 0.25) is 0 Å². The maximum atomic E-state index is 11.9. The summed E-state index contributed by atoms with van der Waals surface area (Å²) in [6.45, 7) is 2.93. The molecule has 5 heteroatoms. The maximum absolute atomic E-state index is 11.9. The highest BCUT2D eigenvalue weighted by atomic mass is 16.6. The monoisotopic (exact) mass is 268 g/mol. The Balaban J connectivity index is 1.66. The lowest BCUT2D eigenvalue weighted by atomic mass is 9.89. The van der Waals surface area contributed by atoms with Crippen molar-refractivity contribution >= 4 is 11.9 Å². The molecule has 2 aliphatic rings. The van der Waals surface area contributed by atoms with Crippen molar-refractivity contribution in [2.45, 2.75) is 31.8 Å². The molecule has 0 radical (unpaired) electrons. The van der Waals surface area contributed by atoms with E-state index in [2.05, 4.69) is 11.3 Å². The molecule has 5 nitrogen and oxygen atoms in total. The number of fused-ring (bicyclic) bond motifs is 2. The zero-order valence-electron chi connectivity index (χ0n) is 10.9. The lowest BCUT2D eigenvalue weighted by Gasteiger charge is -2.20. The van der Waals surface area contributed by atoms with Crippen molar-refractivity contribution in [1.82, 2.24) is 0 Å². The van der Waals surface area contributed by atoms with Gasteiger partial charge in [0.2, 0.25) is 0 Å². The molecule has 1 N–H and O–H groups in total. The Morgan fingerprint density at radius 1 is 1.26 bits per heavy atom. The first kappa shape index (κ1) is 14.1. The number of esters is 2. The van der Waals surface area contributed by atoms with Crippen LogP contribution in [0.5, 0.6) is 0 Å². The molecule has 0 aromatic heterocycles. The fourth-order valence-electron chi connectivity index (χ4n) is 3.10. The van der Waals surface area contributed by atoms with E-state index in [9.17, 15) is 14.7 Å². The maximum Gasteiger partial charge on any atom is 0.330 e. The molecule has 0 saturated heterocycles. The van der Waals surface area contributed by atoms with Crippen LogP contribution >= 0.6 is 0 Å². The van der Waals surface area contributed by atoms with E-state index in [1.807, 2.05) is 0 Å². The first-order chi connectivity index (χ1) is 9.10.